The maximum Gasteiger partial charge on any atom is 0.220 e. The van der Waals surface area contributed by atoms with Crippen molar-refractivity contribution in [1.82, 2.24) is 5.32 Å². The largest absolute Gasteiger partial charge is 0.394 e. The van der Waals surface area contributed by atoms with Crippen molar-refractivity contribution in [3.63, 3.8) is 0 Å². The van der Waals surface area contributed by atoms with Crippen molar-refractivity contribution in [3.8, 4) is 0 Å². The molecule has 0 aromatic rings. The summed E-state index contributed by atoms with van der Waals surface area (Å²) in [6, 6.07) is -0.908. The third kappa shape index (κ3) is 39.5. The Kier molecular flexibility index (Phi) is 53.5. The lowest BCUT2D eigenvalue weighted by molar-refractivity contribution is -0.379. The average Bonchev–Trinajstić information content (AvgIpc) is 0.826. The Labute approximate surface area is 585 Å². The highest BCUT2D eigenvalue weighted by Gasteiger charge is 2.54. The van der Waals surface area contributed by atoms with Crippen LogP contribution < -0.4 is 5.32 Å². The van der Waals surface area contributed by atoms with Crippen LogP contribution in [0.4, 0.5) is 0 Å². The molecule has 3 aliphatic rings. The van der Waals surface area contributed by atoms with Crippen LogP contribution in [0, 0.1) is 0 Å². The van der Waals surface area contributed by atoms with Crippen LogP contribution in [-0.4, -0.2) is 193 Å². The van der Waals surface area contributed by atoms with Crippen molar-refractivity contribution in [3.05, 3.63) is 72.9 Å². The minimum Gasteiger partial charge on any atom is -0.394 e. The molecule has 17 atom stereocenters. The van der Waals surface area contributed by atoms with Gasteiger partial charge < -0.3 is 89.9 Å². The Morgan fingerprint density at radius 1 is 0.381 bits per heavy atom. The van der Waals surface area contributed by atoms with E-state index < -0.39 is 124 Å². The number of ether oxygens (including phenoxy) is 6. The van der Waals surface area contributed by atoms with Gasteiger partial charge in [0.25, 0.3) is 0 Å². The molecule has 0 aliphatic carbocycles. The Morgan fingerprint density at radius 3 is 1.11 bits per heavy atom. The number of allylic oxidation sites excluding steroid dienone is 12. The van der Waals surface area contributed by atoms with Crippen molar-refractivity contribution < 1.29 is 89.4 Å². The molecule has 3 fully saturated rings. The van der Waals surface area contributed by atoms with Crippen molar-refractivity contribution in [1.29, 1.82) is 0 Å². The van der Waals surface area contributed by atoms with Gasteiger partial charge in [0.2, 0.25) is 5.91 Å². The lowest BCUT2D eigenvalue weighted by Crippen LogP contribution is -2.66. The molecule has 3 rings (SSSR count). The SMILES string of the molecule is CC/C=C\C/C=C\C/C=C\C/C=C\C/C=C\C/C=C\CCCCCCC(=O)NC(COC1OC(CO)C(OC2OC(CO)C(OC3OC(CO)C(O)C(O)C3O)C(O)C2O)C(O)C1O)C(O)CCCCCCCCCCCCCCCCCCCCCCCCCCCCCCC. The summed E-state index contributed by atoms with van der Waals surface area (Å²) in [5.74, 6) is -0.266. The molecule has 0 saturated carbocycles. The zero-order valence-corrected chi connectivity index (χ0v) is 60.0. The zero-order chi connectivity index (χ0) is 70.4. The Balaban J connectivity index is 1.40. The minimum absolute atomic E-state index is 0.233. The fourth-order valence-electron chi connectivity index (χ4n) is 12.8. The summed E-state index contributed by atoms with van der Waals surface area (Å²) in [4.78, 5) is 13.5. The summed E-state index contributed by atoms with van der Waals surface area (Å²) in [5.41, 5.74) is 0. The Bertz CT molecular complexity index is 2040. The number of hydrogen-bond acceptors (Lipinski definition) is 18. The van der Waals surface area contributed by atoms with E-state index in [4.69, 9.17) is 28.4 Å². The van der Waals surface area contributed by atoms with Gasteiger partial charge in [-0.1, -0.05) is 286 Å². The third-order valence-corrected chi connectivity index (χ3v) is 19.0. The van der Waals surface area contributed by atoms with Gasteiger partial charge in [-0.3, -0.25) is 4.79 Å². The van der Waals surface area contributed by atoms with Gasteiger partial charge in [-0.05, 0) is 64.2 Å². The van der Waals surface area contributed by atoms with E-state index in [0.717, 1.165) is 89.9 Å². The molecule has 0 bridgehead atoms. The van der Waals surface area contributed by atoms with Crippen LogP contribution in [0.1, 0.15) is 284 Å². The van der Waals surface area contributed by atoms with Crippen LogP contribution in [0.5, 0.6) is 0 Å². The quantitative estimate of drug-likeness (QED) is 0.0199. The molecule has 12 N–H and O–H groups in total. The molecule has 564 valence electrons. The lowest BCUT2D eigenvalue weighted by Gasteiger charge is -2.48. The molecule has 19 nitrogen and oxygen atoms in total. The van der Waals surface area contributed by atoms with Gasteiger partial charge in [-0.15, -0.1) is 0 Å². The summed E-state index contributed by atoms with van der Waals surface area (Å²) < 4.78 is 34.5. The number of aliphatic hydroxyl groups is 11. The van der Waals surface area contributed by atoms with Crippen LogP contribution in [0.3, 0.4) is 0 Å². The third-order valence-electron chi connectivity index (χ3n) is 19.0. The molecule has 3 saturated heterocycles. The number of aliphatic hydroxyl groups excluding tert-OH is 11. The monoisotopic (exact) mass is 1380 g/mol. The number of hydrogen-bond donors (Lipinski definition) is 12. The number of carbonyl (C=O) groups excluding carboxylic acids is 1. The van der Waals surface area contributed by atoms with Gasteiger partial charge in [0.1, 0.15) is 73.2 Å². The first kappa shape index (κ1) is 88.4. The van der Waals surface area contributed by atoms with Crippen LogP contribution in [-0.2, 0) is 33.2 Å². The smallest absolute Gasteiger partial charge is 0.220 e. The van der Waals surface area contributed by atoms with E-state index in [0.29, 0.717) is 12.8 Å². The van der Waals surface area contributed by atoms with Crippen molar-refractivity contribution in [2.24, 2.45) is 0 Å². The van der Waals surface area contributed by atoms with Crippen LogP contribution in [0.2, 0.25) is 0 Å². The first-order valence-corrected chi connectivity index (χ1v) is 38.7. The maximum absolute atomic E-state index is 13.5. The highest BCUT2D eigenvalue weighted by atomic mass is 16.8. The van der Waals surface area contributed by atoms with E-state index in [1.54, 1.807) is 0 Å². The summed E-state index contributed by atoms with van der Waals surface area (Å²) in [5, 5.41) is 121. The number of rotatable bonds is 60. The predicted octanol–water partition coefficient (Wildman–Crippen LogP) is 12.1. The summed E-state index contributed by atoms with van der Waals surface area (Å²) in [7, 11) is 0. The van der Waals surface area contributed by atoms with E-state index in [9.17, 15) is 61.0 Å². The first-order valence-electron chi connectivity index (χ1n) is 38.7. The van der Waals surface area contributed by atoms with Gasteiger partial charge in [-0.2, -0.15) is 0 Å². The molecule has 0 radical (unpaired) electrons. The molecule has 0 aromatic heterocycles. The van der Waals surface area contributed by atoms with Gasteiger partial charge in [0, 0.05) is 6.42 Å². The van der Waals surface area contributed by atoms with Crippen molar-refractivity contribution in [2.45, 2.75) is 388 Å². The van der Waals surface area contributed by atoms with Gasteiger partial charge >= 0.3 is 0 Å². The normalized spacial score (nSPS) is 27.3. The molecular weight excluding hydrogens is 1240 g/mol. The van der Waals surface area contributed by atoms with Crippen LogP contribution >= 0.6 is 0 Å². The van der Waals surface area contributed by atoms with Gasteiger partial charge in [0.05, 0.1) is 38.6 Å². The fraction of sp³-hybridized carbons (Fsp3) is 0.833. The molecular formula is C78H139NO18. The van der Waals surface area contributed by atoms with E-state index in [2.05, 4.69) is 92.1 Å². The molecule has 97 heavy (non-hydrogen) atoms. The highest BCUT2D eigenvalue weighted by molar-refractivity contribution is 5.76. The number of carbonyl (C=O) groups is 1. The summed E-state index contributed by atoms with van der Waals surface area (Å²) in [6.07, 6.45) is 48.4. The van der Waals surface area contributed by atoms with Crippen molar-refractivity contribution in [2.75, 3.05) is 26.4 Å². The zero-order valence-electron chi connectivity index (χ0n) is 60.0. The average molecular weight is 1380 g/mol. The second kappa shape index (κ2) is 58.7. The highest BCUT2D eigenvalue weighted by Crippen LogP contribution is 2.33. The summed E-state index contributed by atoms with van der Waals surface area (Å²) in [6.45, 7) is 1.69. The predicted molar refractivity (Wildman–Crippen MR) is 383 cm³/mol. The second-order valence-electron chi connectivity index (χ2n) is 27.4. The van der Waals surface area contributed by atoms with E-state index in [-0.39, 0.29) is 18.9 Å². The molecule has 17 unspecified atom stereocenters. The topological polar surface area (TPSA) is 307 Å². The van der Waals surface area contributed by atoms with Crippen molar-refractivity contribution >= 4 is 5.91 Å². The Morgan fingerprint density at radius 2 is 0.711 bits per heavy atom. The summed E-state index contributed by atoms with van der Waals surface area (Å²) >= 11 is 0. The minimum atomic E-state index is -1.98. The fourth-order valence-corrected chi connectivity index (χ4v) is 12.8. The second-order valence-corrected chi connectivity index (χ2v) is 27.4. The number of amides is 1. The number of nitrogens with one attached hydrogen (secondary N) is 1. The first-order chi connectivity index (χ1) is 47.3. The molecule has 1 amide bonds. The molecule has 3 heterocycles. The number of unbranched alkanes of at least 4 members (excludes halogenated alkanes) is 32. The molecule has 0 aromatic carbocycles. The maximum atomic E-state index is 13.5. The van der Waals surface area contributed by atoms with E-state index in [1.165, 1.54) is 161 Å². The molecule has 3 aliphatic heterocycles. The standard InChI is InChI=1S/C78H139NO18/c1-3-5-7-9-11-13-15-17-19-21-23-25-27-28-29-30-31-32-34-35-37-39-41-43-45-47-49-51-53-55-62(83)61(79-66(84)56-54-52-50-48-46-44-42-40-38-36-33-26-24-22-20-18-16-14-12-10-8-6-4-2)60-92-76-72(90)69(87)74(64(58-81)94-76)97-78-73(91)70(88)75(65(59-82)95-78)96-77-71(89)68(86)67(85)63(57-80)93-77/h6,8,12,14,18,20,24,26,36,38,42,44,61-65,67-78,80-83,85-91H,3-5,7,9-11,13,15-17,19,21-23,25,27-35,37,39-41,43,45-60H2,1-2H3,(H,79,84)/b8-6-,14-12-,20-18-,26-24-,38-36-,44-42-. The lowest BCUT2D eigenvalue weighted by atomic mass is 9.96. The molecule has 0 spiro atoms. The van der Waals surface area contributed by atoms with Crippen LogP contribution in [0.15, 0.2) is 72.9 Å². The van der Waals surface area contributed by atoms with E-state index >= 15 is 0 Å². The van der Waals surface area contributed by atoms with Gasteiger partial charge in [0.15, 0.2) is 18.9 Å². The molecule has 19 heteroatoms. The van der Waals surface area contributed by atoms with Crippen LogP contribution in [0.25, 0.3) is 0 Å². The van der Waals surface area contributed by atoms with E-state index in [1.807, 2.05) is 0 Å². The Hall–Kier alpha value is -2.77. The van der Waals surface area contributed by atoms with Gasteiger partial charge in [-0.25, -0.2) is 0 Å².